The highest BCUT2D eigenvalue weighted by Gasteiger charge is 2.15. The third-order valence-electron chi connectivity index (χ3n) is 5.03. The van der Waals surface area contributed by atoms with Crippen LogP contribution in [0, 0.1) is 5.82 Å². The summed E-state index contributed by atoms with van der Waals surface area (Å²) in [6.45, 7) is 0.404. The molecule has 5 rings (SSSR count). The molecule has 148 valence electrons. The molecular formula is C23H16BrFN4O. The lowest BCUT2D eigenvalue weighted by Gasteiger charge is -2.09. The van der Waals surface area contributed by atoms with Gasteiger partial charge in [-0.3, -0.25) is 4.79 Å². The zero-order chi connectivity index (χ0) is 20.7. The SMILES string of the molecule is O=C(CCn1c2ccccc2c2nc3ccccc3nc21)Nc1ccc(Br)cc1F. The van der Waals surface area contributed by atoms with Crippen molar-refractivity contribution in [1.82, 2.24) is 14.5 Å². The molecule has 3 aromatic carbocycles. The van der Waals surface area contributed by atoms with Crippen LogP contribution < -0.4 is 5.32 Å². The van der Waals surface area contributed by atoms with E-state index in [0.717, 1.165) is 33.1 Å². The van der Waals surface area contributed by atoms with Gasteiger partial charge < -0.3 is 9.88 Å². The minimum absolute atomic E-state index is 0.163. The van der Waals surface area contributed by atoms with E-state index in [1.54, 1.807) is 6.07 Å². The van der Waals surface area contributed by atoms with Crippen molar-refractivity contribution >= 4 is 60.6 Å². The van der Waals surface area contributed by atoms with E-state index in [9.17, 15) is 9.18 Å². The Kier molecular flexibility index (Phi) is 4.67. The van der Waals surface area contributed by atoms with E-state index in [1.807, 2.05) is 53.1 Å². The Bertz CT molecular complexity index is 1430. The van der Waals surface area contributed by atoms with Crippen molar-refractivity contribution in [3.63, 3.8) is 0 Å². The van der Waals surface area contributed by atoms with Gasteiger partial charge in [-0.25, -0.2) is 14.4 Å². The highest BCUT2D eigenvalue weighted by molar-refractivity contribution is 9.10. The number of halogens is 2. The van der Waals surface area contributed by atoms with E-state index >= 15 is 0 Å². The quantitative estimate of drug-likeness (QED) is 0.374. The lowest BCUT2D eigenvalue weighted by atomic mass is 10.2. The van der Waals surface area contributed by atoms with Crippen LogP contribution in [0.1, 0.15) is 6.42 Å². The second kappa shape index (κ2) is 7.50. The molecule has 0 fully saturated rings. The maximum atomic E-state index is 14.0. The number of rotatable bonds is 4. The molecule has 2 heterocycles. The molecule has 0 saturated heterocycles. The average molecular weight is 463 g/mol. The van der Waals surface area contributed by atoms with Crippen LogP contribution in [-0.4, -0.2) is 20.4 Å². The molecule has 0 unspecified atom stereocenters. The molecule has 5 nitrogen and oxygen atoms in total. The summed E-state index contributed by atoms with van der Waals surface area (Å²) in [5.41, 5.74) is 4.30. The molecule has 1 N–H and O–H groups in total. The van der Waals surface area contributed by atoms with Crippen molar-refractivity contribution in [2.24, 2.45) is 0 Å². The smallest absolute Gasteiger partial charge is 0.226 e. The highest BCUT2D eigenvalue weighted by atomic mass is 79.9. The molecule has 0 aliphatic heterocycles. The zero-order valence-corrected chi connectivity index (χ0v) is 17.4. The molecule has 0 atom stereocenters. The van der Waals surface area contributed by atoms with Crippen molar-refractivity contribution in [3.8, 4) is 0 Å². The number of benzene rings is 3. The first-order chi connectivity index (χ1) is 14.6. The number of nitrogens with one attached hydrogen (secondary N) is 1. The minimum Gasteiger partial charge on any atom is -0.324 e. The van der Waals surface area contributed by atoms with Gasteiger partial charge in [0.05, 0.1) is 22.2 Å². The van der Waals surface area contributed by atoms with E-state index in [2.05, 4.69) is 21.2 Å². The third-order valence-corrected chi connectivity index (χ3v) is 5.52. The molecule has 5 aromatic rings. The van der Waals surface area contributed by atoms with Gasteiger partial charge in [0.2, 0.25) is 5.91 Å². The van der Waals surface area contributed by atoms with Gasteiger partial charge in [0.25, 0.3) is 0 Å². The topological polar surface area (TPSA) is 59.8 Å². The lowest BCUT2D eigenvalue weighted by Crippen LogP contribution is -2.15. The van der Waals surface area contributed by atoms with Gasteiger partial charge >= 0.3 is 0 Å². The highest BCUT2D eigenvalue weighted by Crippen LogP contribution is 2.28. The van der Waals surface area contributed by atoms with Crippen LogP contribution in [0.25, 0.3) is 33.1 Å². The summed E-state index contributed by atoms with van der Waals surface area (Å²) >= 11 is 3.21. The van der Waals surface area contributed by atoms with Crippen molar-refractivity contribution < 1.29 is 9.18 Å². The number of para-hydroxylation sites is 3. The second-order valence-corrected chi connectivity index (χ2v) is 7.89. The van der Waals surface area contributed by atoms with Crippen molar-refractivity contribution in [2.75, 3.05) is 5.32 Å². The van der Waals surface area contributed by atoms with E-state index in [4.69, 9.17) is 9.97 Å². The monoisotopic (exact) mass is 462 g/mol. The summed E-state index contributed by atoms with van der Waals surface area (Å²) in [5, 5.41) is 3.63. The first-order valence-corrected chi connectivity index (χ1v) is 10.3. The second-order valence-electron chi connectivity index (χ2n) is 6.98. The molecule has 0 spiro atoms. The maximum Gasteiger partial charge on any atom is 0.226 e. The molecule has 0 bridgehead atoms. The molecule has 0 saturated carbocycles. The summed E-state index contributed by atoms with van der Waals surface area (Å²) < 4.78 is 16.6. The zero-order valence-electron chi connectivity index (χ0n) is 15.8. The van der Waals surface area contributed by atoms with Gasteiger partial charge in [-0.1, -0.05) is 46.3 Å². The van der Waals surface area contributed by atoms with Crippen molar-refractivity contribution in [3.05, 3.63) is 77.0 Å². The molecule has 30 heavy (non-hydrogen) atoms. The summed E-state index contributed by atoms with van der Waals surface area (Å²) in [6.07, 6.45) is 0.178. The van der Waals surface area contributed by atoms with E-state index in [0.29, 0.717) is 11.0 Å². The first-order valence-electron chi connectivity index (χ1n) is 9.49. The van der Waals surface area contributed by atoms with E-state index < -0.39 is 5.82 Å². The lowest BCUT2D eigenvalue weighted by molar-refractivity contribution is -0.116. The van der Waals surface area contributed by atoms with Gasteiger partial charge in [-0.05, 0) is 36.4 Å². The Morgan fingerprint density at radius 3 is 2.53 bits per heavy atom. The van der Waals surface area contributed by atoms with Crippen molar-refractivity contribution in [1.29, 1.82) is 0 Å². The Balaban J connectivity index is 1.50. The van der Waals surface area contributed by atoms with E-state index in [-0.39, 0.29) is 18.0 Å². The number of carbonyl (C=O) groups excluding carboxylic acids is 1. The van der Waals surface area contributed by atoms with E-state index in [1.165, 1.54) is 12.1 Å². The third kappa shape index (κ3) is 3.31. The fourth-order valence-corrected chi connectivity index (χ4v) is 3.96. The number of carbonyl (C=O) groups is 1. The fraction of sp³-hybridized carbons (Fsp3) is 0.0870. The summed E-state index contributed by atoms with van der Waals surface area (Å²) in [5.74, 6) is -0.747. The molecule has 2 aromatic heterocycles. The average Bonchev–Trinajstić information content (AvgIpc) is 3.05. The molecule has 0 aliphatic rings. The normalized spacial score (nSPS) is 11.4. The first kappa shape index (κ1) is 18.7. The Morgan fingerprint density at radius 2 is 1.73 bits per heavy atom. The van der Waals surface area contributed by atoms with Gasteiger partial charge in [0, 0.05) is 22.8 Å². The van der Waals surface area contributed by atoms with Crippen LogP contribution in [0.3, 0.4) is 0 Å². The molecule has 7 heteroatoms. The van der Waals surface area contributed by atoms with Gasteiger partial charge in [-0.15, -0.1) is 0 Å². The van der Waals surface area contributed by atoms with Crippen LogP contribution in [0.4, 0.5) is 10.1 Å². The summed E-state index contributed by atoms with van der Waals surface area (Å²) in [4.78, 5) is 22.1. The largest absolute Gasteiger partial charge is 0.324 e. The number of aromatic nitrogens is 3. The van der Waals surface area contributed by atoms with Gasteiger partial charge in [0.15, 0.2) is 5.65 Å². The number of hydrogen-bond donors (Lipinski definition) is 1. The van der Waals surface area contributed by atoms with Crippen LogP contribution in [-0.2, 0) is 11.3 Å². The van der Waals surface area contributed by atoms with Crippen LogP contribution in [0.5, 0.6) is 0 Å². The number of nitrogens with zero attached hydrogens (tertiary/aromatic N) is 3. The van der Waals surface area contributed by atoms with Crippen LogP contribution in [0.2, 0.25) is 0 Å². The summed E-state index contributed by atoms with van der Waals surface area (Å²) in [6, 6.07) is 20.2. The van der Waals surface area contributed by atoms with Gasteiger partial charge in [-0.2, -0.15) is 0 Å². The molecule has 1 amide bonds. The number of hydrogen-bond acceptors (Lipinski definition) is 3. The Labute approximate surface area is 179 Å². The maximum absolute atomic E-state index is 14.0. The molecule has 0 aliphatic carbocycles. The number of anilines is 1. The Morgan fingerprint density at radius 1 is 1.00 bits per heavy atom. The molecular weight excluding hydrogens is 447 g/mol. The fourth-order valence-electron chi connectivity index (χ4n) is 3.63. The minimum atomic E-state index is -0.480. The number of aryl methyl sites for hydroxylation is 1. The van der Waals surface area contributed by atoms with Crippen molar-refractivity contribution in [2.45, 2.75) is 13.0 Å². The standard InChI is InChI=1S/C23H16BrFN4O/c24-14-9-10-17(16(25)13-14)26-21(30)11-12-29-20-8-4-1-5-15(20)22-23(29)28-19-7-3-2-6-18(19)27-22/h1-10,13H,11-12H2,(H,26,30). The number of amides is 1. The number of fused-ring (bicyclic) bond motifs is 4. The van der Waals surface area contributed by atoms with Gasteiger partial charge in [0.1, 0.15) is 11.3 Å². The predicted octanol–water partition coefficient (Wildman–Crippen LogP) is 5.67. The van der Waals surface area contributed by atoms with Crippen LogP contribution >= 0.6 is 15.9 Å². The summed E-state index contributed by atoms with van der Waals surface area (Å²) in [7, 11) is 0. The molecule has 0 radical (unpaired) electrons. The van der Waals surface area contributed by atoms with Crippen LogP contribution in [0.15, 0.2) is 71.2 Å². The predicted molar refractivity (Wildman–Crippen MR) is 120 cm³/mol. The Hall–Kier alpha value is -3.32.